The highest BCUT2D eigenvalue weighted by Gasteiger charge is 2.22. The minimum Gasteiger partial charge on any atom is -0.497 e. The van der Waals surface area contributed by atoms with Gasteiger partial charge in [0.15, 0.2) is 0 Å². The van der Waals surface area contributed by atoms with Gasteiger partial charge in [0, 0.05) is 12.0 Å². The minimum atomic E-state index is -0.716. The van der Waals surface area contributed by atoms with Crippen molar-refractivity contribution in [3.05, 3.63) is 89.9 Å². The second-order valence-corrected chi connectivity index (χ2v) is 6.24. The Kier molecular flexibility index (Phi) is 6.46. The molecule has 0 saturated heterocycles. The molecule has 0 radical (unpaired) electrons. The van der Waals surface area contributed by atoms with Crippen LogP contribution in [0.15, 0.2) is 77.4 Å². The highest BCUT2D eigenvalue weighted by molar-refractivity contribution is 5.97. The average Bonchev–Trinajstić information content (AvgIpc) is 3.26. The van der Waals surface area contributed by atoms with E-state index < -0.39 is 6.04 Å². The number of methoxy groups -OCH3 is 1. The van der Waals surface area contributed by atoms with Crippen molar-refractivity contribution in [2.75, 3.05) is 7.11 Å². The van der Waals surface area contributed by atoms with Crippen LogP contribution in [-0.2, 0) is 17.8 Å². The van der Waals surface area contributed by atoms with Crippen molar-refractivity contribution in [1.82, 2.24) is 10.6 Å². The van der Waals surface area contributed by atoms with Gasteiger partial charge in [-0.3, -0.25) is 9.59 Å². The lowest BCUT2D eigenvalue weighted by atomic mass is 10.0. The SMILES string of the molecule is COc1ccc(C(=O)N[C@@H](Cc2ccccc2)C(=O)NCc2ccco2)cc1. The molecule has 6 heteroatoms. The van der Waals surface area contributed by atoms with E-state index in [1.165, 1.54) is 0 Å². The fourth-order valence-corrected chi connectivity index (χ4v) is 2.75. The highest BCUT2D eigenvalue weighted by Crippen LogP contribution is 2.12. The van der Waals surface area contributed by atoms with Crippen molar-refractivity contribution in [2.24, 2.45) is 0 Å². The van der Waals surface area contributed by atoms with Crippen LogP contribution in [0.3, 0.4) is 0 Å². The van der Waals surface area contributed by atoms with Crippen LogP contribution in [-0.4, -0.2) is 25.0 Å². The zero-order chi connectivity index (χ0) is 19.8. The molecule has 28 heavy (non-hydrogen) atoms. The predicted molar refractivity (Wildman–Crippen MR) is 105 cm³/mol. The Bertz CT molecular complexity index is 890. The first-order chi connectivity index (χ1) is 13.7. The van der Waals surface area contributed by atoms with Gasteiger partial charge in [-0.15, -0.1) is 0 Å². The van der Waals surface area contributed by atoms with Crippen LogP contribution in [0.2, 0.25) is 0 Å². The molecule has 3 rings (SSSR count). The Hall–Kier alpha value is -3.54. The van der Waals surface area contributed by atoms with Crippen molar-refractivity contribution in [3.8, 4) is 5.75 Å². The molecule has 0 aliphatic rings. The summed E-state index contributed by atoms with van der Waals surface area (Å²) >= 11 is 0. The van der Waals surface area contributed by atoms with Crippen molar-refractivity contribution in [2.45, 2.75) is 19.0 Å². The molecule has 0 aliphatic carbocycles. The van der Waals surface area contributed by atoms with E-state index >= 15 is 0 Å². The predicted octanol–water partition coefficient (Wildman–Crippen LogP) is 2.95. The first-order valence-corrected chi connectivity index (χ1v) is 8.94. The summed E-state index contributed by atoms with van der Waals surface area (Å²) in [5.41, 5.74) is 1.41. The summed E-state index contributed by atoms with van der Waals surface area (Å²) in [5, 5.41) is 5.64. The van der Waals surface area contributed by atoms with Gasteiger partial charge < -0.3 is 19.8 Å². The lowest BCUT2D eigenvalue weighted by Crippen LogP contribution is -2.47. The fraction of sp³-hybridized carbons (Fsp3) is 0.182. The maximum absolute atomic E-state index is 12.7. The normalized spacial score (nSPS) is 11.5. The van der Waals surface area contributed by atoms with Crippen molar-refractivity contribution in [1.29, 1.82) is 0 Å². The highest BCUT2D eigenvalue weighted by atomic mass is 16.5. The van der Waals surface area contributed by atoms with Gasteiger partial charge in [0.2, 0.25) is 5.91 Å². The molecule has 2 N–H and O–H groups in total. The number of rotatable bonds is 8. The fourth-order valence-electron chi connectivity index (χ4n) is 2.75. The second kappa shape index (κ2) is 9.41. The molecule has 144 valence electrons. The molecule has 2 aromatic carbocycles. The van der Waals surface area contributed by atoms with Crippen molar-refractivity contribution < 1.29 is 18.7 Å². The van der Waals surface area contributed by atoms with E-state index in [0.29, 0.717) is 23.5 Å². The van der Waals surface area contributed by atoms with Crippen LogP contribution in [0.4, 0.5) is 0 Å². The molecule has 0 spiro atoms. The first-order valence-electron chi connectivity index (χ1n) is 8.94. The number of nitrogens with one attached hydrogen (secondary N) is 2. The van der Waals surface area contributed by atoms with E-state index in [0.717, 1.165) is 5.56 Å². The smallest absolute Gasteiger partial charge is 0.251 e. The molecule has 1 aromatic heterocycles. The van der Waals surface area contributed by atoms with Crippen molar-refractivity contribution in [3.63, 3.8) is 0 Å². The van der Waals surface area contributed by atoms with Crippen LogP contribution in [0.5, 0.6) is 5.75 Å². The van der Waals surface area contributed by atoms with Crippen molar-refractivity contribution >= 4 is 11.8 Å². The van der Waals surface area contributed by atoms with Crippen LogP contribution >= 0.6 is 0 Å². The van der Waals surface area contributed by atoms with E-state index in [9.17, 15) is 9.59 Å². The van der Waals surface area contributed by atoms with Gasteiger partial charge in [0.05, 0.1) is 19.9 Å². The Labute approximate surface area is 163 Å². The quantitative estimate of drug-likeness (QED) is 0.632. The molecular formula is C22H22N2O4. The molecule has 0 unspecified atom stereocenters. The van der Waals surface area contributed by atoms with Gasteiger partial charge in [-0.1, -0.05) is 30.3 Å². The third-order valence-corrected chi connectivity index (χ3v) is 4.27. The van der Waals surface area contributed by atoms with E-state index in [-0.39, 0.29) is 18.4 Å². The molecule has 0 aliphatic heterocycles. The van der Waals surface area contributed by atoms with Crippen LogP contribution in [0, 0.1) is 0 Å². The zero-order valence-corrected chi connectivity index (χ0v) is 15.6. The second-order valence-electron chi connectivity index (χ2n) is 6.24. The Morgan fingerprint density at radius 1 is 1.00 bits per heavy atom. The first kappa shape index (κ1) is 19.2. The maximum atomic E-state index is 12.7. The molecule has 0 bridgehead atoms. The molecule has 0 saturated carbocycles. The lowest BCUT2D eigenvalue weighted by Gasteiger charge is -2.18. The third-order valence-electron chi connectivity index (χ3n) is 4.27. The number of ether oxygens (including phenoxy) is 1. The number of hydrogen-bond donors (Lipinski definition) is 2. The van der Waals surface area contributed by atoms with Gasteiger partial charge in [-0.2, -0.15) is 0 Å². The summed E-state index contributed by atoms with van der Waals surface area (Å²) in [6.07, 6.45) is 1.93. The summed E-state index contributed by atoms with van der Waals surface area (Å²) in [6, 6.07) is 19.1. The summed E-state index contributed by atoms with van der Waals surface area (Å²) in [7, 11) is 1.56. The molecule has 6 nitrogen and oxygen atoms in total. The molecule has 1 heterocycles. The number of carbonyl (C=O) groups is 2. The summed E-state index contributed by atoms with van der Waals surface area (Å²) in [4.78, 5) is 25.4. The number of hydrogen-bond acceptors (Lipinski definition) is 4. The van der Waals surface area contributed by atoms with Crippen LogP contribution in [0.1, 0.15) is 21.7 Å². The number of amides is 2. The average molecular weight is 378 g/mol. The minimum absolute atomic E-state index is 0.259. The molecule has 2 amide bonds. The van der Waals surface area contributed by atoms with Gasteiger partial charge in [0.25, 0.3) is 5.91 Å². The summed E-state index contributed by atoms with van der Waals surface area (Å²) < 4.78 is 10.4. The van der Waals surface area contributed by atoms with Gasteiger partial charge in [-0.25, -0.2) is 0 Å². The monoisotopic (exact) mass is 378 g/mol. The van der Waals surface area contributed by atoms with Gasteiger partial charge >= 0.3 is 0 Å². The topological polar surface area (TPSA) is 80.6 Å². The zero-order valence-electron chi connectivity index (χ0n) is 15.6. The molecular weight excluding hydrogens is 356 g/mol. The Morgan fingerprint density at radius 3 is 2.39 bits per heavy atom. The van der Waals surface area contributed by atoms with Crippen LogP contribution < -0.4 is 15.4 Å². The van der Waals surface area contributed by atoms with E-state index in [1.54, 1.807) is 49.8 Å². The van der Waals surface area contributed by atoms with Gasteiger partial charge in [-0.05, 0) is 42.0 Å². The van der Waals surface area contributed by atoms with Crippen LogP contribution in [0.25, 0.3) is 0 Å². The number of furan rings is 1. The maximum Gasteiger partial charge on any atom is 0.251 e. The van der Waals surface area contributed by atoms with Gasteiger partial charge in [0.1, 0.15) is 17.6 Å². The Morgan fingerprint density at radius 2 is 1.75 bits per heavy atom. The summed E-state index contributed by atoms with van der Waals surface area (Å²) in [6.45, 7) is 0.259. The van der Waals surface area contributed by atoms with E-state index in [2.05, 4.69) is 10.6 Å². The number of carbonyl (C=O) groups excluding carboxylic acids is 2. The number of benzene rings is 2. The molecule has 0 fully saturated rings. The standard InChI is InChI=1S/C22H22N2O4/c1-27-18-11-9-17(10-12-18)21(25)24-20(14-16-6-3-2-4-7-16)22(26)23-15-19-8-5-13-28-19/h2-13,20H,14-15H2,1H3,(H,23,26)(H,24,25)/t20-/m0/s1. The largest absolute Gasteiger partial charge is 0.497 e. The third kappa shape index (κ3) is 5.23. The van der Waals surface area contributed by atoms with E-state index in [4.69, 9.17) is 9.15 Å². The lowest BCUT2D eigenvalue weighted by molar-refractivity contribution is -0.123. The Balaban J connectivity index is 1.70. The van der Waals surface area contributed by atoms with E-state index in [1.807, 2.05) is 30.3 Å². The molecule has 3 aromatic rings. The molecule has 1 atom stereocenters. The summed E-state index contributed by atoms with van der Waals surface area (Å²) in [5.74, 6) is 0.709.